The molecule has 23 heavy (non-hydrogen) atoms. The first-order chi connectivity index (χ1) is 11.1. The van der Waals surface area contributed by atoms with Gasteiger partial charge in [0.15, 0.2) is 5.78 Å². The van der Waals surface area contributed by atoms with Crippen molar-refractivity contribution in [3.8, 4) is 0 Å². The van der Waals surface area contributed by atoms with Crippen LogP contribution in [-0.2, 0) is 4.74 Å². The summed E-state index contributed by atoms with van der Waals surface area (Å²) in [6, 6.07) is 9.47. The monoisotopic (exact) mass is 395 g/mol. The molecule has 0 bridgehead atoms. The lowest BCUT2D eigenvalue weighted by molar-refractivity contribution is -0.0781. The number of carbonyl (C=O) groups excluding carboxylic acids is 1. The van der Waals surface area contributed by atoms with Gasteiger partial charge >= 0.3 is 0 Å². The zero-order valence-corrected chi connectivity index (χ0v) is 15.7. The number of carbonyl (C=O) groups is 1. The van der Waals surface area contributed by atoms with E-state index in [0.717, 1.165) is 48.3 Å². The molecule has 2 aliphatic rings. The van der Waals surface area contributed by atoms with Gasteiger partial charge in [-0.3, -0.25) is 4.79 Å². The van der Waals surface area contributed by atoms with Crippen molar-refractivity contribution in [2.24, 2.45) is 0 Å². The van der Waals surface area contributed by atoms with E-state index in [9.17, 15) is 4.79 Å². The third-order valence-corrected chi connectivity index (χ3v) is 6.36. The molecule has 2 aliphatic heterocycles. The highest BCUT2D eigenvalue weighted by atomic mass is 79.9. The molecule has 2 atom stereocenters. The number of ketones is 1. The minimum absolute atomic E-state index is 0.0490. The van der Waals surface area contributed by atoms with Crippen LogP contribution in [0.15, 0.2) is 41.4 Å². The van der Waals surface area contributed by atoms with Crippen molar-refractivity contribution in [3.05, 3.63) is 47.0 Å². The van der Waals surface area contributed by atoms with Gasteiger partial charge in [0.05, 0.1) is 9.78 Å². The number of thioether (sulfide) groups is 1. The van der Waals surface area contributed by atoms with Gasteiger partial charge in [-0.25, -0.2) is 0 Å². The summed E-state index contributed by atoms with van der Waals surface area (Å²) in [5, 5.41) is 2.01. The van der Waals surface area contributed by atoms with Gasteiger partial charge in [-0.2, -0.15) is 0 Å². The molecule has 0 amide bonds. The molecule has 2 fully saturated rings. The number of rotatable bonds is 5. The molecule has 124 valence electrons. The first-order valence-corrected chi connectivity index (χ1v) is 10.0. The zero-order chi connectivity index (χ0) is 16.3. The molecular formula is C18H22BrNO2S. The molecule has 0 radical (unpaired) electrons. The number of ether oxygens (including phenoxy) is 1. The van der Waals surface area contributed by atoms with Crippen LogP contribution in [0, 0.1) is 0 Å². The lowest BCUT2D eigenvalue weighted by atomic mass is 9.99. The number of halogens is 1. The van der Waals surface area contributed by atoms with Crippen LogP contribution in [0.1, 0.15) is 36.5 Å². The van der Waals surface area contributed by atoms with E-state index in [0.29, 0.717) is 0 Å². The average molecular weight is 396 g/mol. The molecule has 2 heterocycles. The van der Waals surface area contributed by atoms with E-state index in [4.69, 9.17) is 4.74 Å². The maximum absolute atomic E-state index is 12.6. The van der Waals surface area contributed by atoms with E-state index in [1.165, 1.54) is 0 Å². The first-order valence-electron chi connectivity index (χ1n) is 8.08. The van der Waals surface area contributed by atoms with Crippen LogP contribution >= 0.6 is 27.7 Å². The molecule has 1 aromatic carbocycles. The van der Waals surface area contributed by atoms with Gasteiger partial charge in [-0.15, -0.1) is 0 Å². The second kappa shape index (κ2) is 7.41. The normalized spacial score (nSPS) is 28.9. The molecule has 0 aliphatic carbocycles. The van der Waals surface area contributed by atoms with Crippen molar-refractivity contribution in [2.45, 2.75) is 37.2 Å². The highest BCUT2D eigenvalue weighted by Gasteiger charge is 2.49. The summed E-state index contributed by atoms with van der Waals surface area (Å²) in [4.78, 5) is 14.8. The Morgan fingerprint density at radius 1 is 1.48 bits per heavy atom. The molecule has 0 unspecified atom stereocenters. The lowest BCUT2D eigenvalue weighted by Crippen LogP contribution is -2.47. The van der Waals surface area contributed by atoms with Crippen LogP contribution in [0.2, 0.25) is 0 Å². The van der Waals surface area contributed by atoms with E-state index in [1.54, 1.807) is 17.8 Å². The van der Waals surface area contributed by atoms with Crippen LogP contribution in [0.25, 0.3) is 0 Å². The van der Waals surface area contributed by atoms with Crippen molar-refractivity contribution >= 4 is 33.5 Å². The minimum Gasteiger partial charge on any atom is -0.357 e. The Balaban J connectivity index is 1.86. The number of hydrogen-bond acceptors (Lipinski definition) is 4. The van der Waals surface area contributed by atoms with E-state index in [2.05, 4.69) is 27.8 Å². The van der Waals surface area contributed by atoms with Gasteiger partial charge in [0.25, 0.3) is 0 Å². The van der Waals surface area contributed by atoms with Gasteiger partial charge in [0.1, 0.15) is 6.23 Å². The predicted molar refractivity (Wildman–Crippen MR) is 98.9 cm³/mol. The number of fused-ring (bicyclic) bond motifs is 1. The lowest BCUT2D eigenvalue weighted by Gasteiger charge is -2.38. The van der Waals surface area contributed by atoms with Crippen LogP contribution in [0.5, 0.6) is 0 Å². The van der Waals surface area contributed by atoms with Crippen molar-refractivity contribution in [1.82, 2.24) is 4.90 Å². The fourth-order valence-corrected chi connectivity index (χ4v) is 4.96. The molecule has 3 nitrogen and oxygen atoms in total. The highest BCUT2D eigenvalue weighted by Crippen LogP contribution is 2.51. The van der Waals surface area contributed by atoms with Crippen molar-refractivity contribution in [3.63, 3.8) is 0 Å². The molecule has 5 heteroatoms. The summed E-state index contributed by atoms with van der Waals surface area (Å²) in [5.41, 5.74) is 0.738. The van der Waals surface area contributed by atoms with E-state index in [1.807, 2.05) is 30.3 Å². The Morgan fingerprint density at radius 2 is 2.26 bits per heavy atom. The van der Waals surface area contributed by atoms with Gasteiger partial charge in [-0.05, 0) is 26.2 Å². The van der Waals surface area contributed by atoms with Crippen LogP contribution in [-0.4, -0.2) is 40.1 Å². The second-order valence-electron chi connectivity index (χ2n) is 6.19. The SMILES string of the molecule is C[C@]12CCCO[C@H]1N(CCCBr)/C(=C/C(=O)c1ccccc1)S2. The van der Waals surface area contributed by atoms with E-state index in [-0.39, 0.29) is 16.8 Å². The third-order valence-electron chi connectivity index (χ3n) is 4.37. The average Bonchev–Trinajstić information content (AvgIpc) is 2.85. The fourth-order valence-electron chi connectivity index (χ4n) is 3.22. The smallest absolute Gasteiger partial charge is 0.188 e. The molecule has 1 aromatic rings. The van der Waals surface area contributed by atoms with Gasteiger partial charge in [0, 0.05) is 30.1 Å². The highest BCUT2D eigenvalue weighted by molar-refractivity contribution is 9.09. The molecule has 0 spiro atoms. The molecular weight excluding hydrogens is 374 g/mol. The summed E-state index contributed by atoms with van der Waals surface area (Å²) in [5.74, 6) is 0.0687. The van der Waals surface area contributed by atoms with Crippen molar-refractivity contribution in [2.75, 3.05) is 18.5 Å². The van der Waals surface area contributed by atoms with Gasteiger partial charge in [-0.1, -0.05) is 58.0 Å². The minimum atomic E-state index is 0.0490. The van der Waals surface area contributed by atoms with Crippen LogP contribution < -0.4 is 0 Å². The number of alkyl halides is 1. The fraction of sp³-hybridized carbons (Fsp3) is 0.500. The van der Waals surface area contributed by atoms with E-state index >= 15 is 0 Å². The third kappa shape index (κ3) is 3.67. The predicted octanol–water partition coefficient (Wildman–Crippen LogP) is 4.44. The topological polar surface area (TPSA) is 29.5 Å². The molecule has 2 saturated heterocycles. The molecule has 3 rings (SSSR count). The van der Waals surface area contributed by atoms with Crippen LogP contribution in [0.3, 0.4) is 0 Å². The Hall–Kier alpha value is -0.780. The number of allylic oxidation sites excluding steroid dienone is 1. The molecule has 0 N–H and O–H groups in total. The van der Waals surface area contributed by atoms with Crippen LogP contribution in [0.4, 0.5) is 0 Å². The quantitative estimate of drug-likeness (QED) is 0.418. The second-order valence-corrected chi connectivity index (χ2v) is 8.54. The summed E-state index contributed by atoms with van der Waals surface area (Å²) >= 11 is 5.31. The Morgan fingerprint density at radius 3 is 3.00 bits per heavy atom. The summed E-state index contributed by atoms with van der Waals surface area (Å²) in [7, 11) is 0. The van der Waals surface area contributed by atoms with Crippen molar-refractivity contribution in [1.29, 1.82) is 0 Å². The number of benzene rings is 1. The Kier molecular flexibility index (Phi) is 5.49. The number of hydrogen-bond donors (Lipinski definition) is 0. The van der Waals surface area contributed by atoms with Crippen molar-refractivity contribution < 1.29 is 9.53 Å². The summed E-state index contributed by atoms with van der Waals surface area (Å²) < 4.78 is 6.12. The summed E-state index contributed by atoms with van der Waals surface area (Å²) in [6.45, 7) is 3.98. The molecule has 0 saturated carbocycles. The summed E-state index contributed by atoms with van der Waals surface area (Å²) in [6.07, 6.45) is 5.13. The van der Waals surface area contributed by atoms with E-state index < -0.39 is 0 Å². The molecule has 0 aromatic heterocycles. The Bertz CT molecular complexity index is 592. The maximum Gasteiger partial charge on any atom is 0.188 e. The largest absolute Gasteiger partial charge is 0.357 e. The number of nitrogens with zero attached hydrogens (tertiary/aromatic N) is 1. The van der Waals surface area contributed by atoms with Gasteiger partial charge < -0.3 is 9.64 Å². The zero-order valence-electron chi connectivity index (χ0n) is 13.3. The maximum atomic E-state index is 12.6. The standard InChI is InChI=1S/C18H22BrNO2S/c1-18-9-5-12-22-17(18)20(11-6-10-19)16(23-18)13-15(21)14-7-3-2-4-8-14/h2-4,7-8,13,17H,5-6,9-12H2,1H3/b16-13-/t17-,18+/m1/s1. The first kappa shape index (κ1) is 17.1. The van der Waals surface area contributed by atoms with Gasteiger partial charge in [0.2, 0.25) is 0 Å². The Labute approximate surface area is 150 Å².